The van der Waals surface area contributed by atoms with Crippen molar-refractivity contribution in [1.29, 1.82) is 5.26 Å². The molecule has 306 valence electrons. The molecule has 0 spiro atoms. The molecule has 5 amide bonds. The molecule has 0 saturated heterocycles. The van der Waals surface area contributed by atoms with Crippen LogP contribution in [0, 0.1) is 11.3 Å². The summed E-state index contributed by atoms with van der Waals surface area (Å²) in [6.45, 7) is 0. The Hall–Kier alpha value is -7.15. The normalized spacial score (nSPS) is 20.6. The summed E-state index contributed by atoms with van der Waals surface area (Å²) in [6, 6.07) is 29.6. The molecule has 5 aromatic rings. The van der Waals surface area contributed by atoms with Crippen LogP contribution in [-0.2, 0) is 54.5 Å². The quantitative estimate of drug-likeness (QED) is 0.114. The van der Waals surface area contributed by atoms with Crippen LogP contribution in [0.4, 0.5) is 5.69 Å². The van der Waals surface area contributed by atoms with Gasteiger partial charge in [0.15, 0.2) is 0 Å². The molecule has 2 aliphatic heterocycles. The van der Waals surface area contributed by atoms with Crippen LogP contribution in [0.15, 0.2) is 121 Å². The van der Waals surface area contributed by atoms with E-state index in [-0.39, 0.29) is 36.9 Å². The van der Waals surface area contributed by atoms with Gasteiger partial charge >= 0.3 is 5.97 Å². The number of hydrogen-bond acceptors (Lipinski definition) is 9. The second kappa shape index (κ2) is 20.0. The number of carboxylic acids is 1. The van der Waals surface area contributed by atoms with Gasteiger partial charge in [-0.1, -0.05) is 91.0 Å². The number of carbonyl (C=O) groups is 6. The number of thiophene rings is 1. The summed E-state index contributed by atoms with van der Waals surface area (Å²) < 4.78 is 0. The fourth-order valence-electron chi connectivity index (χ4n) is 6.71. The van der Waals surface area contributed by atoms with Gasteiger partial charge in [0.25, 0.3) is 5.91 Å². The standard InChI is InChI=1S/C45H42N6O8S/c46-26-32-10-5-4-9-31(32)23-36-42(55)51-38(45(58)59)22-28-14-18-33(19-15-28)47-44(57)39(52)25-40(53)48-37(24-34-11-6-20-60-34)43(56)49-35(41(54)50-36)21-27-12-16-30(17-13-27)29-7-2-1-3-8-29/h1-20,35-39,52H,21-25H2,(H,47,57)(H,48,53)(H,49,56)(H,50,54)(H,51,55)(H,58,59). The second-order valence-electron chi connectivity index (χ2n) is 14.3. The largest absolute Gasteiger partial charge is 0.480 e. The molecule has 5 unspecified atom stereocenters. The molecule has 15 heteroatoms. The molecule has 5 atom stereocenters. The molecule has 1 aromatic heterocycles. The maximum atomic E-state index is 14.5. The number of benzene rings is 4. The van der Waals surface area contributed by atoms with Crippen LogP contribution in [0.5, 0.6) is 0 Å². The lowest BCUT2D eigenvalue weighted by Crippen LogP contribution is -2.59. The van der Waals surface area contributed by atoms with Crippen molar-refractivity contribution < 1.29 is 39.0 Å². The highest BCUT2D eigenvalue weighted by Crippen LogP contribution is 2.21. The van der Waals surface area contributed by atoms with Gasteiger partial charge in [-0.25, -0.2) is 4.79 Å². The molecule has 60 heavy (non-hydrogen) atoms. The molecule has 14 nitrogen and oxygen atoms in total. The molecule has 2 bridgehead atoms. The zero-order valence-electron chi connectivity index (χ0n) is 32.2. The van der Waals surface area contributed by atoms with E-state index in [1.54, 1.807) is 53.9 Å². The molecule has 0 saturated carbocycles. The second-order valence-corrected chi connectivity index (χ2v) is 15.3. The number of anilines is 1. The highest BCUT2D eigenvalue weighted by molar-refractivity contribution is 7.09. The molecular formula is C45H42N6O8S. The number of aliphatic hydroxyl groups is 1. The van der Waals surface area contributed by atoms with Crippen LogP contribution in [0.3, 0.4) is 0 Å². The lowest BCUT2D eigenvalue weighted by Gasteiger charge is -2.26. The number of carboxylic acid groups (broad SMARTS) is 1. The van der Waals surface area contributed by atoms with Crippen molar-refractivity contribution in [3.8, 4) is 17.2 Å². The van der Waals surface area contributed by atoms with Gasteiger partial charge in [-0.15, -0.1) is 11.3 Å². The molecule has 0 aliphatic carbocycles. The first-order chi connectivity index (χ1) is 28.9. The summed E-state index contributed by atoms with van der Waals surface area (Å²) in [5.41, 5.74) is 3.89. The van der Waals surface area contributed by atoms with Crippen LogP contribution in [0.1, 0.15) is 33.6 Å². The number of rotatable bonds is 8. The predicted octanol–water partition coefficient (Wildman–Crippen LogP) is 3.28. The van der Waals surface area contributed by atoms with Crippen molar-refractivity contribution in [2.75, 3.05) is 5.32 Å². The zero-order chi connectivity index (χ0) is 42.6. The summed E-state index contributed by atoms with van der Waals surface area (Å²) in [5.74, 6) is -5.47. The van der Waals surface area contributed by atoms with E-state index in [1.807, 2.05) is 42.5 Å². The van der Waals surface area contributed by atoms with Gasteiger partial charge < -0.3 is 36.8 Å². The van der Waals surface area contributed by atoms with Gasteiger partial charge in [0.2, 0.25) is 23.6 Å². The number of fused-ring (bicyclic) bond motifs is 18. The van der Waals surface area contributed by atoms with Crippen LogP contribution in [0.25, 0.3) is 11.1 Å². The lowest BCUT2D eigenvalue weighted by molar-refractivity contribution is -0.142. The van der Waals surface area contributed by atoms with E-state index in [9.17, 15) is 44.2 Å². The van der Waals surface area contributed by atoms with Crippen molar-refractivity contribution in [3.63, 3.8) is 0 Å². The van der Waals surface area contributed by atoms with Crippen LogP contribution in [0.2, 0.25) is 0 Å². The number of amides is 5. The van der Waals surface area contributed by atoms with Gasteiger partial charge in [0, 0.05) is 36.2 Å². The Labute approximate surface area is 349 Å². The molecule has 4 aromatic carbocycles. The number of nitrogens with zero attached hydrogens (tertiary/aromatic N) is 1. The van der Waals surface area contributed by atoms with E-state index in [0.29, 0.717) is 16.7 Å². The summed E-state index contributed by atoms with van der Waals surface area (Å²) in [6.07, 6.45) is -2.92. The monoisotopic (exact) mass is 826 g/mol. The van der Waals surface area contributed by atoms with Crippen molar-refractivity contribution in [3.05, 3.63) is 148 Å². The van der Waals surface area contributed by atoms with Crippen molar-refractivity contribution in [1.82, 2.24) is 21.3 Å². The number of aliphatic hydroxyl groups excluding tert-OH is 1. The maximum Gasteiger partial charge on any atom is 0.326 e. The Morgan fingerprint density at radius 1 is 0.650 bits per heavy atom. The summed E-state index contributed by atoms with van der Waals surface area (Å²) in [5, 5.41) is 45.7. The number of carbonyl (C=O) groups excluding carboxylic acids is 5. The first-order valence-electron chi connectivity index (χ1n) is 19.1. The summed E-state index contributed by atoms with van der Waals surface area (Å²) in [7, 11) is 0. The highest BCUT2D eigenvalue weighted by Gasteiger charge is 2.33. The summed E-state index contributed by atoms with van der Waals surface area (Å²) >= 11 is 1.34. The van der Waals surface area contributed by atoms with Crippen molar-refractivity contribution >= 4 is 52.5 Å². The fourth-order valence-corrected chi connectivity index (χ4v) is 7.46. The Bertz CT molecular complexity index is 2370. The van der Waals surface area contributed by atoms with Gasteiger partial charge in [-0.3, -0.25) is 24.0 Å². The number of nitriles is 1. The smallest absolute Gasteiger partial charge is 0.326 e. The zero-order valence-corrected chi connectivity index (χ0v) is 33.0. The SMILES string of the molecule is N#Cc1ccccc1CC1NC(=O)C(Cc2ccc(-c3ccccc3)cc2)NC(=O)C(Cc2cccs2)NC(=O)CC(O)C(=O)Nc2ccc(cc2)CC(C(=O)O)NC1=O. The molecular weight excluding hydrogens is 785 g/mol. The topological polar surface area (TPSA) is 227 Å². The third kappa shape index (κ3) is 11.5. The van der Waals surface area contributed by atoms with Crippen LogP contribution < -0.4 is 26.6 Å². The van der Waals surface area contributed by atoms with Gasteiger partial charge in [-0.2, -0.15) is 5.26 Å². The van der Waals surface area contributed by atoms with Gasteiger partial charge in [0.1, 0.15) is 30.3 Å². The number of nitrogens with one attached hydrogen (secondary N) is 5. The Morgan fingerprint density at radius 3 is 1.92 bits per heavy atom. The third-order valence-electron chi connectivity index (χ3n) is 9.92. The van der Waals surface area contributed by atoms with E-state index in [4.69, 9.17) is 0 Å². The van der Waals surface area contributed by atoms with Crippen LogP contribution >= 0.6 is 11.3 Å². The van der Waals surface area contributed by atoms with Crippen molar-refractivity contribution in [2.24, 2.45) is 0 Å². The average Bonchev–Trinajstić information content (AvgIpc) is 3.77. The Kier molecular flexibility index (Phi) is 14.2. The molecule has 0 fully saturated rings. The van der Waals surface area contributed by atoms with E-state index >= 15 is 0 Å². The molecule has 7 N–H and O–H groups in total. The van der Waals surface area contributed by atoms with E-state index < -0.39 is 72.2 Å². The first kappa shape index (κ1) is 42.5. The molecule has 0 radical (unpaired) electrons. The van der Waals surface area contributed by atoms with Crippen molar-refractivity contribution in [2.45, 2.75) is 62.4 Å². The minimum Gasteiger partial charge on any atom is -0.480 e. The van der Waals surface area contributed by atoms with Gasteiger partial charge in [0.05, 0.1) is 18.1 Å². The van der Waals surface area contributed by atoms with Gasteiger partial charge in [-0.05, 0) is 57.5 Å². The summed E-state index contributed by atoms with van der Waals surface area (Å²) in [4.78, 5) is 82.2. The highest BCUT2D eigenvalue weighted by atomic mass is 32.1. The minimum atomic E-state index is -1.80. The van der Waals surface area contributed by atoms with Crippen LogP contribution in [-0.4, -0.2) is 76.0 Å². The Balaban J connectivity index is 1.38. The number of hydrogen-bond donors (Lipinski definition) is 7. The predicted molar refractivity (Wildman–Crippen MR) is 223 cm³/mol. The molecule has 7 rings (SSSR count). The lowest BCUT2D eigenvalue weighted by atomic mass is 9.97. The molecule has 2 aliphatic rings. The fraction of sp³-hybridized carbons (Fsp3) is 0.222. The van der Waals surface area contributed by atoms with E-state index in [2.05, 4.69) is 32.7 Å². The first-order valence-corrected chi connectivity index (χ1v) is 20.0. The van der Waals surface area contributed by atoms with E-state index in [0.717, 1.165) is 16.0 Å². The average molecular weight is 827 g/mol. The third-order valence-corrected chi connectivity index (χ3v) is 10.8. The maximum absolute atomic E-state index is 14.5. The Morgan fingerprint density at radius 2 is 1.27 bits per heavy atom. The minimum absolute atomic E-state index is 0.0105. The number of aliphatic carboxylic acids is 1. The molecule has 3 heterocycles. The van der Waals surface area contributed by atoms with E-state index in [1.165, 1.54) is 35.6 Å².